The smallest absolute Gasteiger partial charge is 0.175 e. The van der Waals surface area contributed by atoms with Gasteiger partial charge in [-0.05, 0) is 31.2 Å². The molecule has 0 spiro atoms. The summed E-state index contributed by atoms with van der Waals surface area (Å²) in [5, 5.41) is 3.11. The summed E-state index contributed by atoms with van der Waals surface area (Å²) in [4.78, 5) is 0.334. The monoisotopic (exact) mass is 228 g/mol. The molecule has 1 aromatic carbocycles. The number of anilines is 1. The molecule has 0 aliphatic heterocycles. The van der Waals surface area contributed by atoms with Crippen molar-refractivity contribution in [1.82, 2.24) is 0 Å². The van der Waals surface area contributed by atoms with Gasteiger partial charge in [0.05, 0.1) is 4.90 Å². The molecule has 84 valence electrons. The molecule has 0 bridgehead atoms. The van der Waals surface area contributed by atoms with E-state index < -0.39 is 9.84 Å². The van der Waals surface area contributed by atoms with Gasteiger partial charge in [-0.1, -0.05) is 6.07 Å². The minimum absolute atomic E-state index is 0.334. The first-order valence-electron chi connectivity index (χ1n) is 4.78. The van der Waals surface area contributed by atoms with Gasteiger partial charge in [0.2, 0.25) is 0 Å². The molecule has 0 amide bonds. The van der Waals surface area contributed by atoms with E-state index >= 15 is 0 Å². The second-order valence-electron chi connectivity index (χ2n) is 3.37. The highest BCUT2D eigenvalue weighted by molar-refractivity contribution is 7.90. The molecule has 0 saturated carbocycles. The highest BCUT2D eigenvalue weighted by Gasteiger charge is 2.06. The van der Waals surface area contributed by atoms with E-state index in [4.69, 9.17) is 5.73 Å². The van der Waals surface area contributed by atoms with Crippen molar-refractivity contribution in [2.45, 2.75) is 11.3 Å². The van der Waals surface area contributed by atoms with Crippen LogP contribution in [0.5, 0.6) is 0 Å². The topological polar surface area (TPSA) is 72.2 Å². The van der Waals surface area contributed by atoms with Crippen LogP contribution in [0.1, 0.15) is 6.42 Å². The van der Waals surface area contributed by atoms with Crippen LogP contribution in [0.2, 0.25) is 0 Å². The lowest BCUT2D eigenvalue weighted by Crippen LogP contribution is -2.08. The number of sulfone groups is 1. The molecule has 0 fully saturated rings. The number of rotatable bonds is 5. The van der Waals surface area contributed by atoms with Gasteiger partial charge in [-0.2, -0.15) is 0 Å². The predicted octanol–water partition coefficient (Wildman–Crippen LogP) is 0.851. The average Bonchev–Trinajstić information content (AvgIpc) is 2.17. The van der Waals surface area contributed by atoms with E-state index in [2.05, 4.69) is 5.32 Å². The minimum Gasteiger partial charge on any atom is -0.385 e. The summed E-state index contributed by atoms with van der Waals surface area (Å²) >= 11 is 0. The summed E-state index contributed by atoms with van der Waals surface area (Å²) in [5.41, 5.74) is 6.17. The maximum Gasteiger partial charge on any atom is 0.175 e. The minimum atomic E-state index is -3.12. The molecule has 1 aromatic rings. The summed E-state index contributed by atoms with van der Waals surface area (Å²) < 4.78 is 22.5. The molecule has 0 radical (unpaired) electrons. The Morgan fingerprint density at radius 1 is 1.40 bits per heavy atom. The normalized spacial score (nSPS) is 11.3. The summed E-state index contributed by atoms with van der Waals surface area (Å²) in [5.74, 6) is 0. The van der Waals surface area contributed by atoms with Crippen LogP contribution in [0.3, 0.4) is 0 Å². The van der Waals surface area contributed by atoms with Gasteiger partial charge in [-0.25, -0.2) is 8.42 Å². The van der Waals surface area contributed by atoms with Crippen molar-refractivity contribution in [3.05, 3.63) is 24.3 Å². The number of hydrogen-bond donors (Lipinski definition) is 2. The lowest BCUT2D eigenvalue weighted by molar-refractivity contribution is 0.602. The van der Waals surface area contributed by atoms with Crippen LogP contribution in [-0.2, 0) is 9.84 Å². The van der Waals surface area contributed by atoms with E-state index in [9.17, 15) is 8.42 Å². The van der Waals surface area contributed by atoms with Gasteiger partial charge in [0.25, 0.3) is 0 Å². The predicted molar refractivity (Wildman–Crippen MR) is 61.7 cm³/mol. The average molecular weight is 228 g/mol. The van der Waals surface area contributed by atoms with Gasteiger partial charge in [-0.3, -0.25) is 0 Å². The number of nitrogens with one attached hydrogen (secondary N) is 1. The van der Waals surface area contributed by atoms with Crippen LogP contribution in [-0.4, -0.2) is 27.8 Å². The quantitative estimate of drug-likeness (QED) is 0.733. The third-order valence-corrected chi connectivity index (χ3v) is 3.08. The van der Waals surface area contributed by atoms with Crippen LogP contribution in [0.25, 0.3) is 0 Å². The summed E-state index contributed by atoms with van der Waals surface area (Å²) in [6.07, 6.45) is 2.06. The zero-order valence-corrected chi connectivity index (χ0v) is 9.55. The van der Waals surface area contributed by atoms with Crippen molar-refractivity contribution in [2.75, 3.05) is 24.7 Å². The first-order chi connectivity index (χ1) is 7.04. The molecular weight excluding hydrogens is 212 g/mol. The molecular formula is C10H16N2O2S. The van der Waals surface area contributed by atoms with Crippen molar-refractivity contribution < 1.29 is 8.42 Å². The second kappa shape index (κ2) is 5.14. The van der Waals surface area contributed by atoms with E-state index in [-0.39, 0.29) is 0 Å². The van der Waals surface area contributed by atoms with Crippen LogP contribution >= 0.6 is 0 Å². The molecule has 4 nitrogen and oxygen atoms in total. The van der Waals surface area contributed by atoms with Crippen molar-refractivity contribution in [3.8, 4) is 0 Å². The molecule has 0 atom stereocenters. The molecule has 0 heterocycles. The van der Waals surface area contributed by atoms with Gasteiger partial charge in [0, 0.05) is 18.5 Å². The number of hydrogen-bond acceptors (Lipinski definition) is 4. The summed E-state index contributed by atoms with van der Waals surface area (Å²) in [6, 6.07) is 6.78. The van der Waals surface area contributed by atoms with E-state index in [1.807, 2.05) is 6.07 Å². The maximum atomic E-state index is 11.3. The highest BCUT2D eigenvalue weighted by Crippen LogP contribution is 2.14. The zero-order valence-electron chi connectivity index (χ0n) is 8.73. The van der Waals surface area contributed by atoms with Gasteiger partial charge in [-0.15, -0.1) is 0 Å². The van der Waals surface area contributed by atoms with Crippen LogP contribution in [0, 0.1) is 0 Å². The SMILES string of the molecule is CS(=O)(=O)c1cccc(NCCCN)c1. The first kappa shape index (κ1) is 12.0. The van der Waals surface area contributed by atoms with E-state index in [0.717, 1.165) is 18.7 Å². The fourth-order valence-electron chi connectivity index (χ4n) is 1.17. The lowest BCUT2D eigenvalue weighted by Gasteiger charge is -2.06. The Bertz CT molecular complexity index is 415. The Labute approximate surface area is 90.4 Å². The molecule has 0 saturated heterocycles. The Morgan fingerprint density at radius 2 is 2.13 bits per heavy atom. The molecule has 15 heavy (non-hydrogen) atoms. The molecule has 3 N–H and O–H groups in total. The maximum absolute atomic E-state index is 11.3. The van der Waals surface area contributed by atoms with Crippen molar-refractivity contribution in [1.29, 1.82) is 0 Å². The zero-order chi connectivity index (χ0) is 11.3. The third kappa shape index (κ3) is 3.89. The highest BCUT2D eigenvalue weighted by atomic mass is 32.2. The van der Waals surface area contributed by atoms with Crippen molar-refractivity contribution >= 4 is 15.5 Å². The first-order valence-corrected chi connectivity index (χ1v) is 6.67. The van der Waals surface area contributed by atoms with Gasteiger partial charge in [0.1, 0.15) is 0 Å². The molecule has 0 aromatic heterocycles. The van der Waals surface area contributed by atoms with Crippen molar-refractivity contribution in [3.63, 3.8) is 0 Å². The Hall–Kier alpha value is -1.07. The summed E-state index contributed by atoms with van der Waals surface area (Å²) in [7, 11) is -3.12. The van der Waals surface area contributed by atoms with Gasteiger partial charge < -0.3 is 11.1 Å². The largest absolute Gasteiger partial charge is 0.385 e. The van der Waals surface area contributed by atoms with E-state index in [0.29, 0.717) is 11.4 Å². The standard InChI is InChI=1S/C10H16N2O2S/c1-15(13,14)10-5-2-4-9(8-10)12-7-3-6-11/h2,4-5,8,12H,3,6-7,11H2,1H3. The fraction of sp³-hybridized carbons (Fsp3) is 0.400. The van der Waals surface area contributed by atoms with Crippen molar-refractivity contribution in [2.24, 2.45) is 5.73 Å². The van der Waals surface area contributed by atoms with Gasteiger partial charge in [0.15, 0.2) is 9.84 Å². The van der Waals surface area contributed by atoms with E-state index in [1.54, 1.807) is 18.2 Å². The molecule has 5 heteroatoms. The molecule has 0 aliphatic carbocycles. The number of benzene rings is 1. The van der Waals surface area contributed by atoms with Crippen LogP contribution in [0.15, 0.2) is 29.2 Å². The number of nitrogens with two attached hydrogens (primary N) is 1. The van der Waals surface area contributed by atoms with Gasteiger partial charge >= 0.3 is 0 Å². The van der Waals surface area contributed by atoms with Crippen LogP contribution < -0.4 is 11.1 Å². The lowest BCUT2D eigenvalue weighted by atomic mass is 10.3. The Kier molecular flexibility index (Phi) is 4.11. The third-order valence-electron chi connectivity index (χ3n) is 1.97. The molecule has 1 rings (SSSR count). The molecule has 0 aliphatic rings. The second-order valence-corrected chi connectivity index (χ2v) is 5.38. The van der Waals surface area contributed by atoms with E-state index in [1.165, 1.54) is 6.26 Å². The Morgan fingerprint density at radius 3 is 2.73 bits per heavy atom. The Balaban J connectivity index is 2.75. The molecule has 0 unspecified atom stereocenters. The fourth-order valence-corrected chi connectivity index (χ4v) is 1.84. The van der Waals surface area contributed by atoms with Crippen LogP contribution in [0.4, 0.5) is 5.69 Å². The summed E-state index contributed by atoms with van der Waals surface area (Å²) in [6.45, 7) is 1.38.